The van der Waals surface area contributed by atoms with Crippen molar-refractivity contribution in [1.82, 2.24) is 15.2 Å². The molecule has 0 spiro atoms. The number of halogens is 1. The zero-order chi connectivity index (χ0) is 15.5. The van der Waals surface area contributed by atoms with Gasteiger partial charge in [-0.25, -0.2) is 9.37 Å². The van der Waals surface area contributed by atoms with Gasteiger partial charge in [-0.1, -0.05) is 26.0 Å². The second-order valence-electron chi connectivity index (χ2n) is 6.78. The van der Waals surface area contributed by atoms with E-state index < -0.39 is 0 Å². The van der Waals surface area contributed by atoms with Gasteiger partial charge in [-0.05, 0) is 41.5 Å². The first-order chi connectivity index (χ1) is 10.4. The van der Waals surface area contributed by atoms with Crippen LogP contribution in [0.4, 0.5) is 10.2 Å². The lowest BCUT2D eigenvalue weighted by atomic mass is 9.90. The highest BCUT2D eigenvalue weighted by Crippen LogP contribution is 2.44. The van der Waals surface area contributed by atoms with Crippen LogP contribution in [0.1, 0.15) is 25.0 Å². The molecule has 0 amide bonds. The molecule has 0 atom stereocenters. The van der Waals surface area contributed by atoms with E-state index in [-0.39, 0.29) is 11.2 Å². The maximum atomic E-state index is 13.6. The van der Waals surface area contributed by atoms with E-state index in [2.05, 4.69) is 29.0 Å². The molecule has 1 aliphatic carbocycles. The fraction of sp³-hybridized carbons (Fsp3) is 0.294. The molecule has 2 aromatic heterocycles. The summed E-state index contributed by atoms with van der Waals surface area (Å²) >= 11 is 0. The average molecular weight is 296 g/mol. The Morgan fingerprint density at radius 3 is 2.77 bits per heavy atom. The van der Waals surface area contributed by atoms with Crippen molar-refractivity contribution < 1.29 is 4.39 Å². The predicted octanol–water partition coefficient (Wildman–Crippen LogP) is 3.47. The number of nitrogens with zero attached hydrogens (tertiary/aromatic N) is 2. The highest BCUT2D eigenvalue weighted by atomic mass is 19.1. The first kappa shape index (κ1) is 13.2. The van der Waals surface area contributed by atoms with Crippen LogP contribution in [0, 0.1) is 11.2 Å². The van der Waals surface area contributed by atoms with E-state index in [9.17, 15) is 4.39 Å². The number of aromatic amines is 1. The molecule has 1 aliphatic rings. The third-order valence-corrected chi connectivity index (χ3v) is 4.35. The van der Waals surface area contributed by atoms with E-state index in [4.69, 9.17) is 5.73 Å². The fourth-order valence-corrected chi connectivity index (χ4v) is 3.47. The lowest BCUT2D eigenvalue weighted by Gasteiger charge is -2.15. The Bertz CT molecular complexity index is 895. The second kappa shape index (κ2) is 4.29. The molecule has 0 saturated heterocycles. The van der Waals surface area contributed by atoms with Gasteiger partial charge >= 0.3 is 0 Å². The van der Waals surface area contributed by atoms with E-state index in [0.717, 1.165) is 35.0 Å². The summed E-state index contributed by atoms with van der Waals surface area (Å²) in [6, 6.07) is 6.56. The van der Waals surface area contributed by atoms with E-state index >= 15 is 0 Å². The van der Waals surface area contributed by atoms with Gasteiger partial charge < -0.3 is 5.73 Å². The smallest absolute Gasteiger partial charge is 0.183 e. The van der Waals surface area contributed by atoms with Crippen LogP contribution in [0.2, 0.25) is 0 Å². The largest absolute Gasteiger partial charge is 0.384 e. The molecule has 2 heterocycles. The molecular formula is C17H17FN4. The Kier molecular flexibility index (Phi) is 2.58. The van der Waals surface area contributed by atoms with Gasteiger partial charge in [0.05, 0.1) is 11.1 Å². The highest BCUT2D eigenvalue weighted by molar-refractivity contribution is 5.93. The molecule has 0 bridgehead atoms. The van der Waals surface area contributed by atoms with Crippen molar-refractivity contribution >= 4 is 16.9 Å². The van der Waals surface area contributed by atoms with Crippen LogP contribution < -0.4 is 5.73 Å². The zero-order valence-electron chi connectivity index (χ0n) is 12.6. The number of rotatable bonds is 1. The number of hydrogen-bond acceptors (Lipinski definition) is 3. The summed E-state index contributed by atoms with van der Waals surface area (Å²) in [6.07, 6.45) is 1.83. The minimum atomic E-state index is -0.257. The standard InChI is InChI=1S/C17H17FN4/c1-17(2)7-11-12(8-17)14(9-4-3-5-10(18)6-9)20-16-13(11)15(19)21-22-16/h3-6H,7-8H2,1-2H3,(H3,19,20,21,22). The van der Waals surface area contributed by atoms with E-state index in [0.29, 0.717) is 11.5 Å². The third kappa shape index (κ3) is 1.89. The lowest BCUT2D eigenvalue weighted by Crippen LogP contribution is -2.09. The number of nitrogens with two attached hydrogens (primary N) is 1. The maximum Gasteiger partial charge on any atom is 0.183 e. The second-order valence-corrected chi connectivity index (χ2v) is 6.78. The molecule has 4 rings (SSSR count). The van der Waals surface area contributed by atoms with Crippen LogP contribution in [-0.4, -0.2) is 15.2 Å². The number of hydrogen-bond donors (Lipinski definition) is 2. The van der Waals surface area contributed by atoms with Gasteiger partial charge in [-0.2, -0.15) is 5.10 Å². The summed E-state index contributed by atoms with van der Waals surface area (Å²) in [5.74, 6) is 0.300. The summed E-state index contributed by atoms with van der Waals surface area (Å²) in [6.45, 7) is 4.45. The number of benzene rings is 1. The molecule has 4 nitrogen and oxygen atoms in total. The summed E-state index contributed by atoms with van der Waals surface area (Å²) in [7, 11) is 0. The van der Waals surface area contributed by atoms with Crippen LogP contribution in [-0.2, 0) is 12.8 Å². The van der Waals surface area contributed by atoms with Gasteiger partial charge in [0.25, 0.3) is 0 Å². The van der Waals surface area contributed by atoms with Crippen molar-refractivity contribution in [1.29, 1.82) is 0 Å². The lowest BCUT2D eigenvalue weighted by molar-refractivity contribution is 0.393. The number of pyridine rings is 1. The number of anilines is 1. The monoisotopic (exact) mass is 296 g/mol. The molecule has 3 N–H and O–H groups in total. The van der Waals surface area contributed by atoms with Crippen LogP contribution in [0.3, 0.4) is 0 Å². The van der Waals surface area contributed by atoms with Crippen LogP contribution in [0.5, 0.6) is 0 Å². The van der Waals surface area contributed by atoms with Crippen molar-refractivity contribution in [2.75, 3.05) is 5.73 Å². The van der Waals surface area contributed by atoms with Gasteiger partial charge in [-0.3, -0.25) is 5.10 Å². The van der Waals surface area contributed by atoms with Gasteiger partial charge in [0.15, 0.2) is 5.65 Å². The molecular weight excluding hydrogens is 279 g/mol. The van der Waals surface area contributed by atoms with E-state index in [1.54, 1.807) is 6.07 Å². The van der Waals surface area contributed by atoms with Gasteiger partial charge in [0.2, 0.25) is 0 Å². The average Bonchev–Trinajstić information content (AvgIpc) is 2.97. The molecule has 0 radical (unpaired) electrons. The molecule has 0 saturated carbocycles. The first-order valence-corrected chi connectivity index (χ1v) is 7.36. The number of fused-ring (bicyclic) bond motifs is 3. The van der Waals surface area contributed by atoms with Crippen molar-refractivity contribution in [2.45, 2.75) is 26.7 Å². The van der Waals surface area contributed by atoms with Crippen LogP contribution >= 0.6 is 0 Å². The molecule has 0 aliphatic heterocycles. The molecule has 3 aromatic rings. The molecule has 1 aromatic carbocycles. The Balaban J connectivity index is 2.05. The number of H-pyrrole nitrogens is 1. The summed E-state index contributed by atoms with van der Waals surface area (Å²) in [5.41, 5.74) is 10.7. The van der Waals surface area contributed by atoms with Crippen LogP contribution in [0.25, 0.3) is 22.3 Å². The van der Waals surface area contributed by atoms with Crippen molar-refractivity contribution in [2.24, 2.45) is 5.41 Å². The first-order valence-electron chi connectivity index (χ1n) is 7.36. The van der Waals surface area contributed by atoms with E-state index in [1.807, 2.05) is 6.07 Å². The topological polar surface area (TPSA) is 67.6 Å². The minimum absolute atomic E-state index is 0.143. The molecule has 0 unspecified atom stereocenters. The summed E-state index contributed by atoms with van der Waals surface area (Å²) in [5, 5.41) is 7.93. The highest BCUT2D eigenvalue weighted by Gasteiger charge is 2.34. The summed E-state index contributed by atoms with van der Waals surface area (Å²) < 4.78 is 13.6. The maximum absolute atomic E-state index is 13.6. The molecule has 112 valence electrons. The number of aromatic nitrogens is 3. The third-order valence-electron chi connectivity index (χ3n) is 4.35. The summed E-state index contributed by atoms with van der Waals surface area (Å²) in [4.78, 5) is 4.66. The molecule has 22 heavy (non-hydrogen) atoms. The van der Waals surface area contributed by atoms with Crippen molar-refractivity contribution in [3.05, 3.63) is 41.2 Å². The SMILES string of the molecule is CC1(C)Cc2c(-c3cccc(F)c3)nc3n[nH]c(N)c3c2C1. The Morgan fingerprint density at radius 2 is 2.00 bits per heavy atom. The van der Waals surface area contributed by atoms with Crippen molar-refractivity contribution in [3.63, 3.8) is 0 Å². The van der Waals surface area contributed by atoms with E-state index in [1.165, 1.54) is 17.7 Å². The van der Waals surface area contributed by atoms with Crippen LogP contribution in [0.15, 0.2) is 24.3 Å². The number of nitrogens with one attached hydrogen (secondary N) is 1. The van der Waals surface area contributed by atoms with Gasteiger partial charge in [0.1, 0.15) is 11.6 Å². The predicted molar refractivity (Wildman–Crippen MR) is 84.9 cm³/mol. The Hall–Kier alpha value is -2.43. The normalized spacial score (nSPS) is 16.1. The molecule has 0 fully saturated rings. The molecule has 5 heteroatoms. The van der Waals surface area contributed by atoms with Gasteiger partial charge in [-0.15, -0.1) is 0 Å². The Labute approximate surface area is 127 Å². The minimum Gasteiger partial charge on any atom is -0.384 e. The number of nitrogen functional groups attached to an aromatic ring is 1. The fourth-order valence-electron chi connectivity index (χ4n) is 3.47. The van der Waals surface area contributed by atoms with Gasteiger partial charge in [0, 0.05) is 5.56 Å². The Morgan fingerprint density at radius 1 is 1.23 bits per heavy atom. The quantitative estimate of drug-likeness (QED) is 0.722. The van der Waals surface area contributed by atoms with Crippen molar-refractivity contribution in [3.8, 4) is 11.3 Å². The zero-order valence-corrected chi connectivity index (χ0v) is 12.6.